The highest BCUT2D eigenvalue weighted by atomic mass is 35.5. The summed E-state index contributed by atoms with van der Waals surface area (Å²) >= 11 is 12.6. The van der Waals surface area contributed by atoms with Gasteiger partial charge in [-0.25, -0.2) is 4.90 Å². The zero-order valence-electron chi connectivity index (χ0n) is 18.4. The van der Waals surface area contributed by atoms with E-state index in [1.807, 2.05) is 12.1 Å². The minimum atomic E-state index is -0.438. The molecule has 3 aromatic rings. The third kappa shape index (κ3) is 2.82. The van der Waals surface area contributed by atoms with Gasteiger partial charge in [0.2, 0.25) is 11.8 Å². The van der Waals surface area contributed by atoms with Gasteiger partial charge in [0, 0.05) is 16.9 Å². The van der Waals surface area contributed by atoms with Crippen molar-refractivity contribution in [1.82, 2.24) is 0 Å². The van der Waals surface area contributed by atoms with Gasteiger partial charge in [-0.2, -0.15) is 0 Å². The van der Waals surface area contributed by atoms with Crippen molar-refractivity contribution in [3.63, 3.8) is 0 Å². The zero-order chi connectivity index (χ0) is 23.0. The molecule has 2 bridgehead atoms. The maximum Gasteiger partial charge on any atom is 0.238 e. The van der Waals surface area contributed by atoms with Gasteiger partial charge in [-0.1, -0.05) is 79.5 Å². The molecule has 0 unspecified atom stereocenters. The van der Waals surface area contributed by atoms with Gasteiger partial charge in [0.25, 0.3) is 0 Å². The van der Waals surface area contributed by atoms with E-state index in [2.05, 4.69) is 44.2 Å². The lowest BCUT2D eigenvalue weighted by Gasteiger charge is -2.46. The molecule has 7 rings (SSSR count). The standard InChI is InChI=1S/C28H23Cl2NO2/c1-3-14(2)15-8-10-19-20(12-15)24-18-7-5-4-6-17(18)23(19)25-26(24)28(33)31(27(25)32)22-13-16(29)9-11-21(22)30/h4-14,23-26H,3H2,1-2H3/t14-,23+,24+,25+,26-/m1/s1. The first-order valence-corrected chi connectivity index (χ1v) is 12.2. The number of carbonyl (C=O) groups is 2. The van der Waals surface area contributed by atoms with Crippen molar-refractivity contribution in [2.75, 3.05) is 4.90 Å². The molecular weight excluding hydrogens is 453 g/mol. The molecule has 0 radical (unpaired) electrons. The van der Waals surface area contributed by atoms with Crippen LogP contribution in [-0.4, -0.2) is 11.8 Å². The predicted octanol–water partition coefficient (Wildman–Crippen LogP) is 6.90. The molecule has 1 fully saturated rings. The van der Waals surface area contributed by atoms with Crippen molar-refractivity contribution in [1.29, 1.82) is 0 Å². The maximum absolute atomic E-state index is 13.9. The lowest BCUT2D eigenvalue weighted by Crippen LogP contribution is -2.41. The first-order chi connectivity index (χ1) is 15.9. The molecule has 4 aliphatic rings. The summed E-state index contributed by atoms with van der Waals surface area (Å²) in [6.07, 6.45) is 1.05. The smallest absolute Gasteiger partial charge is 0.238 e. The van der Waals surface area contributed by atoms with Crippen LogP contribution in [0.2, 0.25) is 10.0 Å². The molecule has 2 amide bonds. The van der Waals surface area contributed by atoms with E-state index in [9.17, 15) is 9.59 Å². The number of nitrogens with zero attached hydrogens (tertiary/aromatic N) is 1. The van der Waals surface area contributed by atoms with E-state index < -0.39 is 11.8 Å². The Morgan fingerprint density at radius 3 is 2.06 bits per heavy atom. The molecule has 5 heteroatoms. The van der Waals surface area contributed by atoms with Crippen LogP contribution in [0.4, 0.5) is 5.69 Å². The topological polar surface area (TPSA) is 37.4 Å². The molecule has 33 heavy (non-hydrogen) atoms. The molecule has 1 saturated heterocycles. The number of halogens is 2. The van der Waals surface area contributed by atoms with Crippen LogP contribution >= 0.6 is 23.2 Å². The lowest BCUT2D eigenvalue weighted by atomic mass is 9.54. The van der Waals surface area contributed by atoms with E-state index in [4.69, 9.17) is 23.2 Å². The van der Waals surface area contributed by atoms with Crippen molar-refractivity contribution < 1.29 is 9.59 Å². The number of hydrogen-bond donors (Lipinski definition) is 0. The first-order valence-electron chi connectivity index (χ1n) is 11.5. The molecule has 3 aliphatic carbocycles. The van der Waals surface area contributed by atoms with Crippen LogP contribution in [0.15, 0.2) is 60.7 Å². The fourth-order valence-electron chi connectivity index (χ4n) is 6.18. The van der Waals surface area contributed by atoms with Crippen LogP contribution in [0.3, 0.4) is 0 Å². The number of carbonyl (C=O) groups excluding carboxylic acids is 2. The minimum absolute atomic E-state index is 0.142. The van der Waals surface area contributed by atoms with Gasteiger partial charge in [-0.3, -0.25) is 9.59 Å². The Morgan fingerprint density at radius 1 is 0.818 bits per heavy atom. The van der Waals surface area contributed by atoms with E-state index in [-0.39, 0.29) is 23.7 Å². The van der Waals surface area contributed by atoms with E-state index >= 15 is 0 Å². The fraction of sp³-hybridized carbons (Fsp3) is 0.286. The Kier molecular flexibility index (Phi) is 4.73. The average molecular weight is 476 g/mol. The summed E-state index contributed by atoms with van der Waals surface area (Å²) in [5, 5.41) is 0.791. The second kappa shape index (κ2) is 7.44. The summed E-state index contributed by atoms with van der Waals surface area (Å²) in [7, 11) is 0. The normalized spacial score (nSPS) is 25.6. The Morgan fingerprint density at radius 2 is 1.42 bits per heavy atom. The second-order valence-electron chi connectivity index (χ2n) is 9.44. The SMILES string of the molecule is CC[C@@H](C)c1ccc2c(c1)[C@@H]1c3ccccc3[C@@H]2[C@@H]2C(=O)N(c3cc(Cl)ccc3Cl)C(=O)[C@H]12. The van der Waals surface area contributed by atoms with Crippen molar-refractivity contribution in [2.24, 2.45) is 11.8 Å². The number of anilines is 1. The zero-order valence-corrected chi connectivity index (χ0v) is 19.9. The predicted molar refractivity (Wildman–Crippen MR) is 131 cm³/mol. The van der Waals surface area contributed by atoms with E-state index in [1.54, 1.807) is 18.2 Å². The Bertz CT molecular complexity index is 1330. The summed E-state index contributed by atoms with van der Waals surface area (Å²) in [5.74, 6) is -1.09. The molecule has 0 saturated carbocycles. The molecule has 0 aromatic heterocycles. The van der Waals surface area contributed by atoms with Crippen LogP contribution < -0.4 is 4.90 Å². The quantitative estimate of drug-likeness (QED) is 0.386. The maximum atomic E-state index is 13.9. The Balaban J connectivity index is 1.56. The second-order valence-corrected chi connectivity index (χ2v) is 10.3. The largest absolute Gasteiger partial charge is 0.274 e. The molecular formula is C28H23Cl2NO2. The van der Waals surface area contributed by atoms with Crippen LogP contribution in [0.5, 0.6) is 0 Å². The number of benzene rings is 3. The average Bonchev–Trinajstić information content (AvgIpc) is 3.10. The third-order valence-corrected chi connectivity index (χ3v) is 8.45. The molecule has 1 heterocycles. The van der Waals surface area contributed by atoms with Crippen molar-refractivity contribution in [3.8, 4) is 0 Å². The summed E-state index contributed by atoms with van der Waals surface area (Å²) in [4.78, 5) is 29.0. The number of amides is 2. The van der Waals surface area contributed by atoms with Gasteiger partial charge in [0.1, 0.15) is 0 Å². The summed E-state index contributed by atoms with van der Waals surface area (Å²) in [5.41, 5.74) is 6.35. The molecule has 166 valence electrons. The van der Waals surface area contributed by atoms with Crippen LogP contribution in [0.1, 0.15) is 65.8 Å². The molecule has 1 aliphatic heterocycles. The van der Waals surface area contributed by atoms with E-state index in [1.165, 1.54) is 21.6 Å². The highest BCUT2D eigenvalue weighted by molar-refractivity contribution is 6.38. The van der Waals surface area contributed by atoms with Gasteiger partial charge in [0.05, 0.1) is 22.5 Å². The number of rotatable bonds is 3. The summed E-state index contributed by atoms with van der Waals surface area (Å²) in [6, 6.07) is 19.9. The third-order valence-electron chi connectivity index (χ3n) is 7.89. The molecule has 3 aromatic carbocycles. The molecule has 3 nitrogen and oxygen atoms in total. The van der Waals surface area contributed by atoms with Crippen molar-refractivity contribution in [2.45, 2.75) is 38.0 Å². The van der Waals surface area contributed by atoms with Gasteiger partial charge in [0.15, 0.2) is 0 Å². The summed E-state index contributed by atoms with van der Waals surface area (Å²) in [6.45, 7) is 4.42. The monoisotopic (exact) mass is 475 g/mol. The highest BCUT2D eigenvalue weighted by Gasteiger charge is 2.62. The Labute approximate surface area is 203 Å². The summed E-state index contributed by atoms with van der Waals surface area (Å²) < 4.78 is 0. The molecule has 0 N–H and O–H groups in total. The van der Waals surface area contributed by atoms with E-state index in [0.29, 0.717) is 21.7 Å². The molecule has 5 atom stereocenters. The number of imide groups is 1. The Hall–Kier alpha value is -2.62. The van der Waals surface area contributed by atoms with Crippen molar-refractivity contribution >= 4 is 40.7 Å². The number of hydrogen-bond acceptors (Lipinski definition) is 2. The van der Waals surface area contributed by atoms with Gasteiger partial charge < -0.3 is 0 Å². The van der Waals surface area contributed by atoms with Crippen LogP contribution in [0.25, 0.3) is 0 Å². The van der Waals surface area contributed by atoms with Gasteiger partial charge >= 0.3 is 0 Å². The van der Waals surface area contributed by atoms with E-state index in [0.717, 1.165) is 17.5 Å². The lowest BCUT2D eigenvalue weighted by molar-refractivity contribution is -0.122. The first kappa shape index (κ1) is 20.9. The fourth-order valence-corrected chi connectivity index (χ4v) is 6.55. The minimum Gasteiger partial charge on any atom is -0.274 e. The van der Waals surface area contributed by atoms with Gasteiger partial charge in [-0.15, -0.1) is 0 Å². The van der Waals surface area contributed by atoms with Gasteiger partial charge in [-0.05, 0) is 58.4 Å². The van der Waals surface area contributed by atoms with Crippen molar-refractivity contribution in [3.05, 3.63) is 98.5 Å². The van der Waals surface area contributed by atoms with Crippen LogP contribution in [-0.2, 0) is 9.59 Å². The van der Waals surface area contributed by atoms with Crippen LogP contribution in [0, 0.1) is 11.8 Å². The highest BCUT2D eigenvalue weighted by Crippen LogP contribution is 2.61. The molecule has 0 spiro atoms.